The van der Waals surface area contributed by atoms with E-state index in [9.17, 15) is 0 Å². The van der Waals surface area contributed by atoms with Crippen LogP contribution in [0.4, 0.5) is 0 Å². The van der Waals surface area contributed by atoms with E-state index in [1.807, 2.05) is 13.8 Å². The lowest BCUT2D eigenvalue weighted by molar-refractivity contribution is -0.144. The fourth-order valence-electron chi connectivity index (χ4n) is 3.06. The molecule has 2 rings (SSSR count). The summed E-state index contributed by atoms with van der Waals surface area (Å²) in [7, 11) is -1.24. The first-order valence-corrected chi connectivity index (χ1v) is 12.0. The first-order chi connectivity index (χ1) is 10.7. The van der Waals surface area contributed by atoms with Crippen LogP contribution in [0.1, 0.15) is 19.4 Å². The van der Waals surface area contributed by atoms with Gasteiger partial charge in [0.1, 0.15) is 12.2 Å². The van der Waals surface area contributed by atoms with Crippen LogP contribution in [0.25, 0.3) is 0 Å². The second-order valence-corrected chi connectivity index (χ2v) is 13.4. The number of nitrogens with zero attached hydrogens (tertiary/aromatic N) is 1. The average Bonchev–Trinajstić information content (AvgIpc) is 2.72. The smallest absolute Gasteiger partial charge is 0.165 e. The Morgan fingerprint density at radius 1 is 1.17 bits per heavy atom. The topological polar surface area (TPSA) is 21.7 Å². The highest BCUT2D eigenvalue weighted by molar-refractivity contribution is 6.76. The van der Waals surface area contributed by atoms with Gasteiger partial charge in [-0.05, 0) is 25.6 Å². The van der Waals surface area contributed by atoms with E-state index >= 15 is 0 Å². The molecule has 0 spiro atoms. The lowest BCUT2D eigenvalue weighted by Gasteiger charge is -2.31. The molecule has 1 aromatic rings. The fraction of sp³-hybridized carbons (Fsp3) is 0.579. The highest BCUT2D eigenvalue weighted by Gasteiger charge is 2.41. The monoisotopic (exact) mass is 331 g/mol. The standard InChI is InChI=1S/C19H29NO2Si/c1-7-17-18(22-19(2,3)21-17)14-20(15-23(4,5)6)13-16-11-9-8-10-12-16/h1,8-12,17-18H,13-15H2,2-6H3/t17-,18-/m1/s1. The number of terminal acetylenes is 1. The number of ether oxygens (including phenoxy) is 2. The van der Waals surface area contributed by atoms with Crippen LogP contribution in [0.2, 0.25) is 19.6 Å². The van der Waals surface area contributed by atoms with Crippen LogP contribution < -0.4 is 0 Å². The molecule has 1 fully saturated rings. The van der Waals surface area contributed by atoms with Crippen LogP contribution >= 0.6 is 0 Å². The quantitative estimate of drug-likeness (QED) is 0.588. The third-order valence-corrected chi connectivity index (χ3v) is 5.13. The maximum atomic E-state index is 6.04. The maximum Gasteiger partial charge on any atom is 0.165 e. The van der Waals surface area contributed by atoms with Crippen molar-refractivity contribution >= 4 is 8.07 Å². The zero-order chi connectivity index (χ0) is 17.1. The molecule has 0 amide bonds. The van der Waals surface area contributed by atoms with Gasteiger partial charge in [-0.2, -0.15) is 0 Å². The van der Waals surface area contributed by atoms with Gasteiger partial charge in [0.15, 0.2) is 5.79 Å². The van der Waals surface area contributed by atoms with Crippen molar-refractivity contribution in [1.29, 1.82) is 0 Å². The van der Waals surface area contributed by atoms with Gasteiger partial charge in [0.2, 0.25) is 0 Å². The van der Waals surface area contributed by atoms with Crippen LogP contribution in [-0.2, 0) is 16.0 Å². The zero-order valence-corrected chi connectivity index (χ0v) is 16.0. The minimum atomic E-state index is -1.24. The Balaban J connectivity index is 2.10. The van der Waals surface area contributed by atoms with Crippen molar-refractivity contribution in [2.75, 3.05) is 12.7 Å². The van der Waals surface area contributed by atoms with E-state index in [1.165, 1.54) is 5.56 Å². The van der Waals surface area contributed by atoms with Crippen molar-refractivity contribution in [3.05, 3.63) is 35.9 Å². The normalized spacial score (nSPS) is 23.9. The summed E-state index contributed by atoms with van der Waals surface area (Å²) in [4.78, 5) is 2.47. The molecule has 1 aliphatic heterocycles. The summed E-state index contributed by atoms with van der Waals surface area (Å²) >= 11 is 0. The molecule has 0 saturated carbocycles. The molecule has 1 aromatic carbocycles. The molecular formula is C19H29NO2Si. The van der Waals surface area contributed by atoms with Gasteiger partial charge in [-0.1, -0.05) is 55.9 Å². The molecule has 0 unspecified atom stereocenters. The Labute approximate surface area is 142 Å². The number of hydrogen-bond donors (Lipinski definition) is 0. The SMILES string of the molecule is C#C[C@H]1OC(C)(C)O[C@@H]1CN(Cc1ccccc1)C[Si](C)(C)C. The van der Waals surface area contributed by atoms with E-state index in [-0.39, 0.29) is 12.2 Å². The summed E-state index contributed by atoms with van der Waals surface area (Å²) in [6.45, 7) is 12.7. The summed E-state index contributed by atoms with van der Waals surface area (Å²) in [6.07, 6.45) is 6.40. The van der Waals surface area contributed by atoms with Gasteiger partial charge < -0.3 is 9.47 Å². The van der Waals surface area contributed by atoms with E-state index in [0.717, 1.165) is 19.3 Å². The minimum Gasteiger partial charge on any atom is -0.342 e. The molecule has 4 heteroatoms. The maximum absolute atomic E-state index is 6.04. The second-order valence-electron chi connectivity index (χ2n) is 7.98. The van der Waals surface area contributed by atoms with Gasteiger partial charge in [0.25, 0.3) is 0 Å². The molecule has 2 atom stereocenters. The van der Waals surface area contributed by atoms with Crippen LogP contribution in [0.3, 0.4) is 0 Å². The average molecular weight is 332 g/mol. The lowest BCUT2D eigenvalue weighted by Crippen LogP contribution is -2.45. The molecule has 126 valence electrons. The number of hydrogen-bond acceptors (Lipinski definition) is 3. The molecule has 1 aliphatic rings. The van der Waals surface area contributed by atoms with Crippen molar-refractivity contribution in [2.24, 2.45) is 0 Å². The number of benzene rings is 1. The highest BCUT2D eigenvalue weighted by Crippen LogP contribution is 2.28. The first kappa shape index (κ1) is 18.2. The molecule has 0 aromatic heterocycles. The van der Waals surface area contributed by atoms with Gasteiger partial charge in [0.05, 0.1) is 8.07 Å². The Hall–Kier alpha value is -1.12. The van der Waals surface area contributed by atoms with E-state index in [4.69, 9.17) is 15.9 Å². The largest absolute Gasteiger partial charge is 0.342 e. The van der Waals surface area contributed by atoms with Crippen molar-refractivity contribution in [1.82, 2.24) is 4.90 Å². The van der Waals surface area contributed by atoms with E-state index in [2.05, 4.69) is 60.8 Å². The summed E-state index contributed by atoms with van der Waals surface area (Å²) in [6, 6.07) is 10.6. The Bertz CT molecular complexity index is 545. The van der Waals surface area contributed by atoms with Crippen LogP contribution in [-0.4, -0.2) is 43.7 Å². The van der Waals surface area contributed by atoms with Gasteiger partial charge in [0, 0.05) is 13.1 Å². The summed E-state index contributed by atoms with van der Waals surface area (Å²) < 4.78 is 11.9. The van der Waals surface area contributed by atoms with Crippen LogP contribution in [0.15, 0.2) is 30.3 Å². The minimum absolute atomic E-state index is 0.0740. The third-order valence-electron chi connectivity index (χ3n) is 3.73. The molecule has 0 bridgehead atoms. The second kappa shape index (κ2) is 7.19. The third kappa shape index (κ3) is 5.78. The summed E-state index contributed by atoms with van der Waals surface area (Å²) in [5, 5.41) is 0. The van der Waals surface area contributed by atoms with Crippen molar-refractivity contribution < 1.29 is 9.47 Å². The zero-order valence-electron chi connectivity index (χ0n) is 15.0. The molecule has 23 heavy (non-hydrogen) atoms. The van der Waals surface area contributed by atoms with Gasteiger partial charge in [-0.3, -0.25) is 4.90 Å². The van der Waals surface area contributed by atoms with Crippen LogP contribution in [0, 0.1) is 12.3 Å². The van der Waals surface area contributed by atoms with Crippen molar-refractivity contribution in [3.8, 4) is 12.3 Å². The Kier molecular flexibility index (Phi) is 5.69. The number of rotatable bonds is 6. The molecule has 0 radical (unpaired) electrons. The molecule has 1 saturated heterocycles. The molecular weight excluding hydrogens is 302 g/mol. The highest BCUT2D eigenvalue weighted by atomic mass is 28.3. The van der Waals surface area contributed by atoms with Crippen molar-refractivity contribution in [3.63, 3.8) is 0 Å². The predicted molar refractivity (Wildman–Crippen MR) is 97.7 cm³/mol. The van der Waals surface area contributed by atoms with Gasteiger partial charge in [-0.25, -0.2) is 0 Å². The molecule has 1 heterocycles. The molecule has 0 N–H and O–H groups in total. The molecule has 0 aliphatic carbocycles. The summed E-state index contributed by atoms with van der Waals surface area (Å²) in [5.41, 5.74) is 1.32. The fourth-order valence-corrected chi connectivity index (χ4v) is 4.64. The summed E-state index contributed by atoms with van der Waals surface area (Å²) in [5.74, 6) is 2.14. The predicted octanol–water partition coefficient (Wildman–Crippen LogP) is 3.52. The van der Waals surface area contributed by atoms with Gasteiger partial charge in [-0.15, -0.1) is 6.42 Å². The van der Waals surface area contributed by atoms with E-state index < -0.39 is 13.9 Å². The van der Waals surface area contributed by atoms with Crippen LogP contribution in [0.5, 0.6) is 0 Å². The lowest BCUT2D eigenvalue weighted by atomic mass is 10.2. The van der Waals surface area contributed by atoms with Crippen molar-refractivity contribution in [2.45, 2.75) is 58.0 Å². The van der Waals surface area contributed by atoms with E-state index in [1.54, 1.807) is 0 Å². The molecule has 3 nitrogen and oxygen atoms in total. The Morgan fingerprint density at radius 3 is 2.39 bits per heavy atom. The Morgan fingerprint density at radius 2 is 1.83 bits per heavy atom. The van der Waals surface area contributed by atoms with E-state index in [0.29, 0.717) is 0 Å². The van der Waals surface area contributed by atoms with Gasteiger partial charge >= 0.3 is 0 Å². The first-order valence-electron chi connectivity index (χ1n) is 8.27.